The molecule has 0 aromatic carbocycles. The second-order valence-electron chi connectivity index (χ2n) is 2.38. The molecule has 0 spiro atoms. The third-order valence-electron chi connectivity index (χ3n) is 0.895. The fourth-order valence-electron chi connectivity index (χ4n) is 0.575. The second-order valence-corrected chi connectivity index (χ2v) is 6.57. The number of alkyl halides is 2. The van der Waals surface area contributed by atoms with Gasteiger partial charge in [-0.3, -0.25) is 0 Å². The Morgan fingerprint density at radius 2 is 2.00 bits per heavy atom. The Bertz CT molecular complexity index is 56.4. The average Bonchev–Trinajstić information content (AvgIpc) is 1.65. The van der Waals surface area contributed by atoms with E-state index in [-0.39, 0.29) is 5.38 Å². The molecule has 50 valence electrons. The minimum Gasteiger partial charge on any atom is -0.125 e. The van der Waals surface area contributed by atoms with Crippen LogP contribution in [0.1, 0.15) is 0 Å². The minimum absolute atomic E-state index is 0.225. The lowest BCUT2D eigenvalue weighted by Crippen LogP contribution is -2.10. The largest absolute Gasteiger partial charge is 0.125 e. The van der Waals surface area contributed by atoms with Gasteiger partial charge in [0.05, 0.1) is 0 Å². The summed E-state index contributed by atoms with van der Waals surface area (Å²) in [5, 5.41) is 0.225. The zero-order chi connectivity index (χ0) is 6.57. The smallest absolute Gasteiger partial charge is 0.0445 e. The summed E-state index contributed by atoms with van der Waals surface area (Å²) in [7, 11) is -0.462. The van der Waals surface area contributed by atoms with Crippen LogP contribution in [-0.4, -0.2) is 20.1 Å². The lowest BCUT2D eigenvalue weighted by Gasteiger charge is -2.05. The minimum atomic E-state index is -0.462. The molecule has 0 aliphatic heterocycles. The van der Waals surface area contributed by atoms with Crippen LogP contribution in [0.2, 0.25) is 19.1 Å². The number of hydrogen-bond donors (Lipinski definition) is 0. The number of hydrogen-bond acceptors (Lipinski definition) is 0. The van der Waals surface area contributed by atoms with Crippen LogP contribution in [0.5, 0.6) is 0 Å². The second kappa shape index (κ2) is 4.65. The average molecular weight is 171 g/mol. The van der Waals surface area contributed by atoms with E-state index in [1.165, 1.54) is 0 Å². The van der Waals surface area contributed by atoms with Gasteiger partial charge in [0.2, 0.25) is 0 Å². The fourth-order valence-corrected chi connectivity index (χ4v) is 3.17. The Labute approximate surface area is 62.8 Å². The van der Waals surface area contributed by atoms with E-state index in [2.05, 4.69) is 13.1 Å². The summed E-state index contributed by atoms with van der Waals surface area (Å²) in [6.07, 6.45) is 0. The monoisotopic (exact) mass is 170 g/mol. The van der Waals surface area contributed by atoms with E-state index in [0.29, 0.717) is 5.88 Å². The highest BCUT2D eigenvalue weighted by Gasteiger charge is 2.04. The van der Waals surface area contributed by atoms with E-state index in [0.717, 1.165) is 6.04 Å². The summed E-state index contributed by atoms with van der Waals surface area (Å²) < 4.78 is 0. The van der Waals surface area contributed by atoms with Crippen LogP contribution >= 0.6 is 23.2 Å². The van der Waals surface area contributed by atoms with Gasteiger partial charge in [0.1, 0.15) is 0 Å². The third-order valence-corrected chi connectivity index (χ3v) is 3.57. The van der Waals surface area contributed by atoms with Crippen molar-refractivity contribution in [2.75, 3.05) is 5.88 Å². The van der Waals surface area contributed by atoms with Crippen molar-refractivity contribution in [3.05, 3.63) is 0 Å². The zero-order valence-corrected chi connectivity index (χ0v) is 7.99. The highest BCUT2D eigenvalue weighted by Crippen LogP contribution is 2.07. The maximum atomic E-state index is 5.76. The van der Waals surface area contributed by atoms with Crippen molar-refractivity contribution in [1.82, 2.24) is 0 Å². The van der Waals surface area contributed by atoms with Crippen LogP contribution in [-0.2, 0) is 0 Å². The molecule has 0 radical (unpaired) electrons. The predicted octanol–water partition coefficient (Wildman–Crippen LogP) is 2.32. The van der Waals surface area contributed by atoms with Crippen molar-refractivity contribution in [2.45, 2.75) is 24.5 Å². The molecule has 3 heteroatoms. The maximum Gasteiger partial charge on any atom is 0.0445 e. The molecule has 0 amide bonds. The third kappa shape index (κ3) is 4.94. The Balaban J connectivity index is 3.10. The topological polar surface area (TPSA) is 0 Å². The van der Waals surface area contributed by atoms with E-state index in [4.69, 9.17) is 23.2 Å². The predicted molar refractivity (Wildman–Crippen MR) is 44.0 cm³/mol. The Morgan fingerprint density at radius 3 is 2.12 bits per heavy atom. The van der Waals surface area contributed by atoms with Gasteiger partial charge in [-0.15, -0.1) is 23.2 Å². The molecular weight excluding hydrogens is 159 g/mol. The molecule has 1 atom stereocenters. The van der Waals surface area contributed by atoms with Crippen molar-refractivity contribution < 1.29 is 0 Å². The van der Waals surface area contributed by atoms with Gasteiger partial charge in [-0.05, 0) is 6.04 Å². The van der Waals surface area contributed by atoms with E-state index < -0.39 is 8.80 Å². The van der Waals surface area contributed by atoms with Gasteiger partial charge < -0.3 is 0 Å². The molecule has 0 N–H and O–H groups in total. The molecule has 1 unspecified atom stereocenters. The van der Waals surface area contributed by atoms with Gasteiger partial charge in [-0.2, -0.15) is 0 Å². The summed E-state index contributed by atoms with van der Waals surface area (Å²) in [4.78, 5) is 0. The quantitative estimate of drug-likeness (QED) is 0.451. The normalized spacial score (nSPS) is 14.6. The summed E-state index contributed by atoms with van der Waals surface area (Å²) in [5.74, 6) is 0.604. The molecule has 0 bridgehead atoms. The van der Waals surface area contributed by atoms with Crippen LogP contribution in [0.3, 0.4) is 0 Å². The van der Waals surface area contributed by atoms with E-state index >= 15 is 0 Å². The first-order valence-electron chi connectivity index (χ1n) is 2.86. The van der Waals surface area contributed by atoms with Gasteiger partial charge in [0.25, 0.3) is 0 Å². The maximum absolute atomic E-state index is 5.76. The van der Waals surface area contributed by atoms with Crippen molar-refractivity contribution >= 4 is 32.0 Å². The van der Waals surface area contributed by atoms with E-state index in [1.54, 1.807) is 0 Å². The summed E-state index contributed by atoms with van der Waals surface area (Å²) >= 11 is 11.2. The van der Waals surface area contributed by atoms with Crippen molar-refractivity contribution in [3.8, 4) is 0 Å². The standard InChI is InChI=1S/C5H12Cl2Si/c1-8(2)4-5(7)3-6/h5,8H,3-4H2,1-2H3. The molecule has 0 aromatic rings. The van der Waals surface area contributed by atoms with E-state index in [1.807, 2.05) is 0 Å². The number of halogens is 2. The van der Waals surface area contributed by atoms with Crippen molar-refractivity contribution in [1.29, 1.82) is 0 Å². The first-order chi connectivity index (χ1) is 3.66. The Hall–Kier alpha value is 0.797. The fraction of sp³-hybridized carbons (Fsp3) is 1.00. The molecule has 0 aromatic heterocycles. The van der Waals surface area contributed by atoms with Crippen LogP contribution in [0.4, 0.5) is 0 Å². The molecule has 0 heterocycles. The number of rotatable bonds is 3. The summed E-state index contributed by atoms with van der Waals surface area (Å²) in [5.41, 5.74) is 0. The molecule has 0 rings (SSSR count). The lowest BCUT2D eigenvalue weighted by molar-refractivity contribution is 1.08. The molecule has 8 heavy (non-hydrogen) atoms. The molecule has 0 saturated heterocycles. The molecule has 0 saturated carbocycles. The van der Waals surface area contributed by atoms with Gasteiger partial charge >= 0.3 is 0 Å². The summed E-state index contributed by atoms with van der Waals surface area (Å²) in [6, 6.07) is 1.16. The zero-order valence-electron chi connectivity index (χ0n) is 5.32. The van der Waals surface area contributed by atoms with Crippen LogP contribution in [0.15, 0.2) is 0 Å². The van der Waals surface area contributed by atoms with Crippen LogP contribution in [0.25, 0.3) is 0 Å². The van der Waals surface area contributed by atoms with Gasteiger partial charge in [0, 0.05) is 20.1 Å². The van der Waals surface area contributed by atoms with E-state index in [9.17, 15) is 0 Å². The lowest BCUT2D eigenvalue weighted by atomic mass is 10.6. The SMILES string of the molecule is C[SiH](C)CC(Cl)CCl. The van der Waals surface area contributed by atoms with Crippen molar-refractivity contribution in [2.24, 2.45) is 0 Å². The molecule has 0 aliphatic rings. The van der Waals surface area contributed by atoms with Crippen molar-refractivity contribution in [3.63, 3.8) is 0 Å². The Morgan fingerprint density at radius 1 is 1.50 bits per heavy atom. The van der Waals surface area contributed by atoms with Crippen LogP contribution in [0, 0.1) is 0 Å². The van der Waals surface area contributed by atoms with Gasteiger partial charge in [-0.1, -0.05) is 13.1 Å². The molecule has 0 aliphatic carbocycles. The molecule has 0 fully saturated rings. The highest BCUT2D eigenvalue weighted by molar-refractivity contribution is 6.57. The van der Waals surface area contributed by atoms with Crippen LogP contribution < -0.4 is 0 Å². The van der Waals surface area contributed by atoms with Gasteiger partial charge in [-0.25, -0.2) is 0 Å². The highest BCUT2D eigenvalue weighted by atomic mass is 35.5. The Kier molecular flexibility index (Phi) is 5.12. The first-order valence-corrected chi connectivity index (χ1v) is 6.96. The molecule has 0 nitrogen and oxygen atoms in total. The summed E-state index contributed by atoms with van der Waals surface area (Å²) in [6.45, 7) is 4.56. The first kappa shape index (κ1) is 8.80. The van der Waals surface area contributed by atoms with Gasteiger partial charge in [0.15, 0.2) is 0 Å². The molecular formula is C5H12Cl2Si.